The minimum Gasteiger partial charge on any atom is -0.352 e. The number of rotatable bonds is 2. The molecule has 0 amide bonds. The van der Waals surface area contributed by atoms with Crippen molar-refractivity contribution in [1.29, 1.82) is 0 Å². The maximum Gasteiger partial charge on any atom is 0.161 e. The Bertz CT molecular complexity index is 297. The molecule has 3 atom stereocenters. The van der Waals surface area contributed by atoms with Gasteiger partial charge in [-0.3, -0.25) is 0 Å². The summed E-state index contributed by atoms with van der Waals surface area (Å²) in [6.45, 7) is 5.08. The van der Waals surface area contributed by atoms with Gasteiger partial charge < -0.3 is 9.47 Å². The minimum absolute atomic E-state index is 0.0707. The fraction of sp³-hybridized carbons (Fsp3) is 0.538. The van der Waals surface area contributed by atoms with Crippen LogP contribution in [-0.4, -0.2) is 19.0 Å². The third kappa shape index (κ3) is 2.80. The maximum absolute atomic E-state index is 5.78. The molecule has 1 aromatic rings. The molecule has 82 valence electrons. The van der Waals surface area contributed by atoms with E-state index in [9.17, 15) is 0 Å². The highest BCUT2D eigenvalue weighted by atomic mass is 16.7. The number of hydrogen-bond donors (Lipinski definition) is 0. The van der Waals surface area contributed by atoms with E-state index in [1.165, 1.54) is 5.56 Å². The van der Waals surface area contributed by atoms with Crippen molar-refractivity contribution in [2.45, 2.75) is 32.7 Å². The summed E-state index contributed by atoms with van der Waals surface area (Å²) >= 11 is 0. The van der Waals surface area contributed by atoms with Gasteiger partial charge in [-0.1, -0.05) is 37.3 Å². The molecule has 0 saturated carbocycles. The molecule has 0 aliphatic carbocycles. The highest BCUT2D eigenvalue weighted by molar-refractivity contribution is 5.15. The first-order valence-corrected chi connectivity index (χ1v) is 5.56. The van der Waals surface area contributed by atoms with Crippen LogP contribution in [0.4, 0.5) is 0 Å². The molecule has 1 fully saturated rings. The van der Waals surface area contributed by atoms with Crippen molar-refractivity contribution in [2.75, 3.05) is 6.61 Å². The number of benzene rings is 1. The summed E-state index contributed by atoms with van der Waals surface area (Å²) in [4.78, 5) is 0. The van der Waals surface area contributed by atoms with Crippen molar-refractivity contribution in [3.05, 3.63) is 35.9 Å². The summed E-state index contributed by atoms with van der Waals surface area (Å²) in [7, 11) is 0. The first-order valence-electron chi connectivity index (χ1n) is 5.56. The molecule has 2 nitrogen and oxygen atoms in total. The lowest BCUT2D eigenvalue weighted by Gasteiger charge is -2.32. The van der Waals surface area contributed by atoms with Gasteiger partial charge in [0.05, 0.1) is 12.7 Å². The molecule has 15 heavy (non-hydrogen) atoms. The van der Waals surface area contributed by atoms with Crippen LogP contribution in [0.3, 0.4) is 0 Å². The van der Waals surface area contributed by atoms with E-state index in [1.807, 2.05) is 18.2 Å². The average molecular weight is 206 g/mol. The molecule has 0 N–H and O–H groups in total. The van der Waals surface area contributed by atoms with Gasteiger partial charge >= 0.3 is 0 Å². The molecule has 0 radical (unpaired) electrons. The van der Waals surface area contributed by atoms with Crippen molar-refractivity contribution in [3.63, 3.8) is 0 Å². The van der Waals surface area contributed by atoms with Gasteiger partial charge in [-0.2, -0.15) is 0 Å². The molecular weight excluding hydrogens is 188 g/mol. The van der Waals surface area contributed by atoms with E-state index in [0.717, 1.165) is 13.0 Å². The van der Waals surface area contributed by atoms with Crippen molar-refractivity contribution in [2.24, 2.45) is 5.92 Å². The molecule has 0 unspecified atom stereocenters. The van der Waals surface area contributed by atoms with Crippen molar-refractivity contribution < 1.29 is 9.47 Å². The standard InChI is InChI=1S/C13H18O2/c1-10-9-14-13(15-11(10)2)8-12-6-4-3-5-7-12/h3-7,10-11,13H,8-9H2,1-2H3/t10-,11+,13+/m0/s1. The highest BCUT2D eigenvalue weighted by Gasteiger charge is 2.25. The predicted octanol–water partition coefficient (Wildman–Crippen LogP) is 2.63. The second-order valence-electron chi connectivity index (χ2n) is 4.27. The normalized spacial score (nSPS) is 31.5. The van der Waals surface area contributed by atoms with E-state index in [1.54, 1.807) is 0 Å². The molecular formula is C13H18O2. The molecule has 0 aromatic heterocycles. The van der Waals surface area contributed by atoms with Crippen LogP contribution in [0.25, 0.3) is 0 Å². The molecule has 0 spiro atoms. The molecule has 2 rings (SSSR count). The summed E-state index contributed by atoms with van der Waals surface area (Å²) in [5.41, 5.74) is 1.27. The van der Waals surface area contributed by atoms with E-state index in [2.05, 4.69) is 26.0 Å². The van der Waals surface area contributed by atoms with Crippen LogP contribution >= 0.6 is 0 Å². The van der Waals surface area contributed by atoms with Gasteiger partial charge in [0, 0.05) is 12.3 Å². The van der Waals surface area contributed by atoms with Gasteiger partial charge in [0.1, 0.15) is 0 Å². The first-order chi connectivity index (χ1) is 7.25. The summed E-state index contributed by atoms with van der Waals surface area (Å²) < 4.78 is 11.4. The fourth-order valence-electron chi connectivity index (χ4n) is 1.72. The van der Waals surface area contributed by atoms with Crippen molar-refractivity contribution in [1.82, 2.24) is 0 Å². The quantitative estimate of drug-likeness (QED) is 0.740. The van der Waals surface area contributed by atoms with E-state index < -0.39 is 0 Å². The summed E-state index contributed by atoms with van der Waals surface area (Å²) in [6.07, 6.45) is 1.07. The van der Waals surface area contributed by atoms with Gasteiger partial charge in [-0.15, -0.1) is 0 Å². The second-order valence-corrected chi connectivity index (χ2v) is 4.27. The fourth-order valence-corrected chi connectivity index (χ4v) is 1.72. The molecule has 1 aromatic carbocycles. The van der Waals surface area contributed by atoms with E-state index in [-0.39, 0.29) is 6.29 Å². The SMILES string of the molecule is C[C@H]1CO[C@@H](Cc2ccccc2)O[C@@H]1C. The molecule has 1 heterocycles. The Labute approximate surface area is 91.2 Å². The lowest BCUT2D eigenvalue weighted by molar-refractivity contribution is -0.227. The Morgan fingerprint density at radius 2 is 1.93 bits per heavy atom. The van der Waals surface area contributed by atoms with Gasteiger partial charge in [0.25, 0.3) is 0 Å². The Hall–Kier alpha value is -0.860. The minimum atomic E-state index is -0.0707. The van der Waals surface area contributed by atoms with Crippen LogP contribution in [0.15, 0.2) is 30.3 Å². The smallest absolute Gasteiger partial charge is 0.161 e. The van der Waals surface area contributed by atoms with E-state index in [4.69, 9.17) is 9.47 Å². The molecule has 1 aliphatic rings. The van der Waals surface area contributed by atoms with Crippen LogP contribution in [0, 0.1) is 5.92 Å². The van der Waals surface area contributed by atoms with E-state index in [0.29, 0.717) is 12.0 Å². The van der Waals surface area contributed by atoms with Crippen LogP contribution in [0.1, 0.15) is 19.4 Å². The molecule has 1 saturated heterocycles. The van der Waals surface area contributed by atoms with Crippen LogP contribution in [0.2, 0.25) is 0 Å². The summed E-state index contributed by atoms with van der Waals surface area (Å²) in [6, 6.07) is 10.3. The number of hydrogen-bond acceptors (Lipinski definition) is 2. The van der Waals surface area contributed by atoms with Crippen molar-refractivity contribution >= 4 is 0 Å². The zero-order chi connectivity index (χ0) is 10.7. The lowest BCUT2D eigenvalue weighted by Crippen LogP contribution is -2.37. The Balaban J connectivity index is 1.91. The Morgan fingerprint density at radius 3 is 2.60 bits per heavy atom. The summed E-state index contributed by atoms with van der Waals surface area (Å²) in [5.74, 6) is 0.497. The monoisotopic (exact) mass is 206 g/mol. The zero-order valence-electron chi connectivity index (χ0n) is 9.35. The third-order valence-electron chi connectivity index (χ3n) is 2.96. The van der Waals surface area contributed by atoms with Gasteiger partial charge in [-0.05, 0) is 12.5 Å². The van der Waals surface area contributed by atoms with Crippen molar-refractivity contribution in [3.8, 4) is 0 Å². The predicted molar refractivity (Wildman–Crippen MR) is 59.6 cm³/mol. The van der Waals surface area contributed by atoms with Gasteiger partial charge in [0.2, 0.25) is 0 Å². The molecule has 1 aliphatic heterocycles. The second kappa shape index (κ2) is 4.77. The molecule has 0 bridgehead atoms. The third-order valence-corrected chi connectivity index (χ3v) is 2.96. The average Bonchev–Trinajstić information content (AvgIpc) is 2.25. The first kappa shape index (κ1) is 10.7. The largest absolute Gasteiger partial charge is 0.352 e. The van der Waals surface area contributed by atoms with Gasteiger partial charge in [-0.25, -0.2) is 0 Å². The number of ether oxygens (including phenoxy) is 2. The van der Waals surface area contributed by atoms with Crippen LogP contribution in [0.5, 0.6) is 0 Å². The zero-order valence-corrected chi connectivity index (χ0v) is 9.35. The molecule has 2 heteroatoms. The highest BCUT2D eigenvalue weighted by Crippen LogP contribution is 2.20. The Morgan fingerprint density at radius 1 is 1.20 bits per heavy atom. The van der Waals surface area contributed by atoms with E-state index >= 15 is 0 Å². The van der Waals surface area contributed by atoms with Gasteiger partial charge in [0.15, 0.2) is 6.29 Å². The lowest BCUT2D eigenvalue weighted by atomic mass is 10.1. The topological polar surface area (TPSA) is 18.5 Å². The van der Waals surface area contributed by atoms with Crippen LogP contribution in [-0.2, 0) is 15.9 Å². The maximum atomic E-state index is 5.78. The summed E-state index contributed by atoms with van der Waals surface area (Å²) in [5, 5.41) is 0. The Kier molecular flexibility index (Phi) is 3.39. The van der Waals surface area contributed by atoms with Crippen LogP contribution < -0.4 is 0 Å².